The molecular weight excluding hydrogens is 247 g/mol. The number of carbonyl (C=O) groups is 1. The van der Waals surface area contributed by atoms with Gasteiger partial charge in [-0.25, -0.2) is 4.39 Å². The van der Waals surface area contributed by atoms with Crippen LogP contribution in [0.2, 0.25) is 0 Å². The Morgan fingerprint density at radius 1 is 1.21 bits per heavy atom. The fraction of sp³-hybridized carbons (Fsp3) is 0.933. The van der Waals surface area contributed by atoms with Gasteiger partial charge in [-0.1, -0.05) is 13.8 Å². The van der Waals surface area contributed by atoms with Crippen molar-refractivity contribution in [1.82, 2.24) is 0 Å². The molecular formula is C15H23FO3. The van der Waals surface area contributed by atoms with Gasteiger partial charge in [0.15, 0.2) is 0 Å². The maximum Gasteiger partial charge on any atom is 0.308 e. The van der Waals surface area contributed by atoms with Crippen LogP contribution in [-0.2, 0) is 9.53 Å². The molecule has 0 saturated heterocycles. The smallest absolute Gasteiger partial charge is 0.308 e. The fourth-order valence-corrected chi connectivity index (χ4v) is 5.92. The first-order valence-electron chi connectivity index (χ1n) is 7.13. The van der Waals surface area contributed by atoms with E-state index in [4.69, 9.17) is 4.74 Å². The summed E-state index contributed by atoms with van der Waals surface area (Å²) < 4.78 is 19.9. The molecule has 5 atom stereocenters. The summed E-state index contributed by atoms with van der Waals surface area (Å²) in [7, 11) is 1.38. The molecule has 19 heavy (non-hydrogen) atoms. The number of aliphatic hydroxyl groups is 1. The summed E-state index contributed by atoms with van der Waals surface area (Å²) in [6.07, 6.45) is 3.19. The van der Waals surface area contributed by atoms with E-state index in [0.717, 1.165) is 6.42 Å². The van der Waals surface area contributed by atoms with E-state index >= 15 is 4.39 Å². The summed E-state index contributed by atoms with van der Waals surface area (Å²) in [5.74, 6) is -0.628. The van der Waals surface area contributed by atoms with E-state index in [1.807, 2.05) is 6.92 Å². The van der Waals surface area contributed by atoms with Crippen molar-refractivity contribution in [2.75, 3.05) is 7.11 Å². The second-order valence-corrected chi connectivity index (χ2v) is 7.85. The highest BCUT2D eigenvalue weighted by molar-refractivity contribution is 5.73. The topological polar surface area (TPSA) is 46.5 Å². The lowest BCUT2D eigenvalue weighted by Crippen LogP contribution is -2.66. The molecule has 0 radical (unpaired) electrons. The fourth-order valence-electron chi connectivity index (χ4n) is 5.92. The third kappa shape index (κ3) is 1.83. The van der Waals surface area contributed by atoms with Gasteiger partial charge in [0.1, 0.15) is 5.67 Å². The number of esters is 1. The molecule has 4 unspecified atom stereocenters. The van der Waals surface area contributed by atoms with Gasteiger partial charge in [0, 0.05) is 6.42 Å². The Bertz CT molecular complexity index is 380. The van der Waals surface area contributed by atoms with Crippen LogP contribution in [0.25, 0.3) is 0 Å². The van der Waals surface area contributed by atoms with Crippen LogP contribution in [0, 0.1) is 16.7 Å². The maximum atomic E-state index is 15.0. The van der Waals surface area contributed by atoms with Gasteiger partial charge >= 0.3 is 5.97 Å². The third-order valence-electron chi connectivity index (χ3n) is 5.75. The number of methoxy groups -OCH3 is 1. The minimum atomic E-state index is -1.31. The lowest BCUT2D eigenvalue weighted by molar-refractivity contribution is -0.246. The molecule has 0 spiro atoms. The van der Waals surface area contributed by atoms with Crippen LogP contribution in [0.5, 0.6) is 0 Å². The molecule has 0 aromatic rings. The van der Waals surface area contributed by atoms with Crippen LogP contribution in [0.15, 0.2) is 0 Å². The summed E-state index contributed by atoms with van der Waals surface area (Å²) in [4.78, 5) is 11.9. The van der Waals surface area contributed by atoms with Crippen molar-refractivity contribution in [2.24, 2.45) is 16.7 Å². The predicted molar refractivity (Wildman–Crippen MR) is 68.2 cm³/mol. The number of alkyl halides is 1. The number of ether oxygens (including phenoxy) is 1. The van der Waals surface area contributed by atoms with Crippen molar-refractivity contribution in [1.29, 1.82) is 0 Å². The first-order valence-corrected chi connectivity index (χ1v) is 7.13. The molecule has 1 N–H and O–H groups in total. The molecule has 0 aliphatic heterocycles. The molecule has 0 amide bonds. The van der Waals surface area contributed by atoms with Gasteiger partial charge in [0.05, 0.1) is 18.6 Å². The minimum Gasteiger partial charge on any atom is -0.469 e. The van der Waals surface area contributed by atoms with Crippen LogP contribution in [0.3, 0.4) is 0 Å². The van der Waals surface area contributed by atoms with Gasteiger partial charge in [-0.05, 0) is 42.9 Å². The van der Waals surface area contributed by atoms with Gasteiger partial charge in [0.2, 0.25) is 0 Å². The van der Waals surface area contributed by atoms with Crippen LogP contribution in [0.1, 0.15) is 52.4 Å². The molecule has 0 aromatic heterocycles. The van der Waals surface area contributed by atoms with Crippen LogP contribution < -0.4 is 0 Å². The van der Waals surface area contributed by atoms with E-state index in [1.54, 1.807) is 0 Å². The summed E-state index contributed by atoms with van der Waals surface area (Å²) in [5.41, 5.74) is -2.85. The van der Waals surface area contributed by atoms with E-state index in [2.05, 4.69) is 6.92 Å². The number of carbonyl (C=O) groups excluding carboxylic acids is 1. The first kappa shape index (κ1) is 13.3. The molecule has 4 heteroatoms. The zero-order valence-corrected chi connectivity index (χ0v) is 12.0. The van der Waals surface area contributed by atoms with Gasteiger partial charge in [0.25, 0.3) is 0 Å². The van der Waals surface area contributed by atoms with Gasteiger partial charge in [-0.15, -0.1) is 0 Å². The van der Waals surface area contributed by atoms with Crippen molar-refractivity contribution in [2.45, 2.75) is 63.6 Å². The van der Waals surface area contributed by atoms with E-state index in [0.29, 0.717) is 25.7 Å². The largest absolute Gasteiger partial charge is 0.469 e. The normalized spacial score (nSPS) is 53.1. The Labute approximate surface area is 113 Å². The lowest BCUT2D eigenvalue weighted by atomic mass is 9.40. The van der Waals surface area contributed by atoms with E-state index in [1.165, 1.54) is 7.11 Å². The Hall–Kier alpha value is -0.640. The molecule has 108 valence electrons. The Morgan fingerprint density at radius 3 is 2.42 bits per heavy atom. The highest BCUT2D eigenvalue weighted by atomic mass is 19.1. The van der Waals surface area contributed by atoms with Crippen molar-refractivity contribution >= 4 is 5.97 Å². The number of halogens is 1. The maximum absolute atomic E-state index is 15.0. The van der Waals surface area contributed by atoms with Crippen LogP contribution >= 0.6 is 0 Å². The second-order valence-electron chi connectivity index (χ2n) is 7.85. The summed E-state index contributed by atoms with van der Waals surface area (Å²) in [6, 6.07) is 0. The molecule has 4 saturated carbocycles. The Morgan fingerprint density at radius 2 is 1.89 bits per heavy atom. The minimum absolute atomic E-state index is 0.180. The first-order chi connectivity index (χ1) is 8.63. The second kappa shape index (κ2) is 3.51. The van der Waals surface area contributed by atoms with E-state index in [9.17, 15) is 9.90 Å². The van der Waals surface area contributed by atoms with Gasteiger partial charge in [-0.2, -0.15) is 0 Å². The summed E-state index contributed by atoms with van der Waals surface area (Å²) >= 11 is 0. The van der Waals surface area contributed by atoms with Crippen molar-refractivity contribution in [3.8, 4) is 0 Å². The zero-order chi connectivity index (χ0) is 14.1. The molecule has 4 fully saturated rings. The Balaban J connectivity index is 2.02. The molecule has 4 aliphatic carbocycles. The van der Waals surface area contributed by atoms with Crippen LogP contribution in [-0.4, -0.2) is 29.5 Å². The quantitative estimate of drug-likeness (QED) is 0.785. The van der Waals surface area contributed by atoms with E-state index < -0.39 is 16.7 Å². The molecule has 4 aliphatic rings. The van der Waals surface area contributed by atoms with Crippen molar-refractivity contribution < 1.29 is 19.0 Å². The molecule has 0 heterocycles. The summed E-state index contributed by atoms with van der Waals surface area (Å²) in [6.45, 7) is 3.89. The monoisotopic (exact) mass is 270 g/mol. The Kier molecular flexibility index (Phi) is 2.47. The SMILES string of the molecule is COC(=O)[C@@H](C)C12CC3(C)CC(O)(CC(F)(C3)C1)C2. The third-order valence-corrected chi connectivity index (χ3v) is 5.75. The van der Waals surface area contributed by atoms with Crippen molar-refractivity contribution in [3.63, 3.8) is 0 Å². The lowest BCUT2D eigenvalue weighted by Gasteiger charge is -2.67. The van der Waals surface area contributed by atoms with E-state index in [-0.39, 0.29) is 23.7 Å². The van der Waals surface area contributed by atoms with Gasteiger partial charge < -0.3 is 9.84 Å². The summed E-state index contributed by atoms with van der Waals surface area (Å²) in [5, 5.41) is 10.7. The number of hydrogen-bond donors (Lipinski definition) is 1. The zero-order valence-electron chi connectivity index (χ0n) is 12.0. The molecule has 4 bridgehead atoms. The standard InChI is InChI=1S/C15H23FO3/c1-10(11(17)19-3)13-4-12(2)5-14(16,7-13)9-15(18,6-12)8-13/h10,18H,4-9H2,1-3H3/t10-,12?,13?,14?,15?/m1/s1. The average Bonchev–Trinajstić information content (AvgIpc) is 2.20. The average molecular weight is 270 g/mol. The predicted octanol–water partition coefficient (Wildman–Crippen LogP) is 2.61. The highest BCUT2D eigenvalue weighted by Crippen LogP contribution is 2.70. The van der Waals surface area contributed by atoms with Crippen LogP contribution in [0.4, 0.5) is 4.39 Å². The van der Waals surface area contributed by atoms with Gasteiger partial charge in [-0.3, -0.25) is 4.79 Å². The molecule has 3 nitrogen and oxygen atoms in total. The molecule has 0 aromatic carbocycles. The number of hydrogen-bond acceptors (Lipinski definition) is 3. The number of rotatable bonds is 2. The van der Waals surface area contributed by atoms with Crippen molar-refractivity contribution in [3.05, 3.63) is 0 Å². The molecule has 4 rings (SSSR count). The highest BCUT2D eigenvalue weighted by Gasteiger charge is 2.69.